The second-order valence-electron chi connectivity index (χ2n) is 9.93. The minimum absolute atomic E-state index is 0.0897. The van der Waals surface area contributed by atoms with Crippen molar-refractivity contribution < 1.29 is 14.3 Å². The molecule has 0 heterocycles. The maximum Gasteiger partial charge on any atom is 0.273 e. The summed E-state index contributed by atoms with van der Waals surface area (Å²) in [5.74, 6) is 5.94. The first kappa shape index (κ1) is 29.4. The molecule has 0 aliphatic heterocycles. The molecular formula is C29H36N6O3S. The number of hydrogen-bond donors (Lipinski definition) is 5. The molecule has 2 amide bonds. The van der Waals surface area contributed by atoms with Crippen molar-refractivity contribution in [2.45, 2.75) is 33.1 Å². The van der Waals surface area contributed by atoms with Crippen LogP contribution < -0.4 is 36.7 Å². The van der Waals surface area contributed by atoms with Crippen LogP contribution in [-0.4, -0.2) is 25.2 Å². The number of carbonyl (C=O) groups excluding carboxylic acids is 2. The van der Waals surface area contributed by atoms with Gasteiger partial charge in [-0.15, -0.1) is 0 Å². The summed E-state index contributed by atoms with van der Waals surface area (Å²) in [6.07, 6.45) is 3.23. The van der Waals surface area contributed by atoms with Gasteiger partial charge in [0.1, 0.15) is 5.70 Å². The Kier molecular flexibility index (Phi) is 9.50. The Labute approximate surface area is 234 Å². The molecule has 0 aliphatic carbocycles. The van der Waals surface area contributed by atoms with E-state index in [0.29, 0.717) is 28.4 Å². The zero-order chi connectivity index (χ0) is 28.7. The molecule has 0 aromatic heterocycles. The summed E-state index contributed by atoms with van der Waals surface area (Å²) in [7, 11) is 1.56. The van der Waals surface area contributed by atoms with E-state index in [1.807, 2.05) is 31.4 Å². The number of para-hydroxylation sites is 1. The van der Waals surface area contributed by atoms with Crippen LogP contribution in [0.15, 0.2) is 72.6 Å². The van der Waals surface area contributed by atoms with Gasteiger partial charge in [0, 0.05) is 23.7 Å². The van der Waals surface area contributed by atoms with Crippen molar-refractivity contribution in [3.63, 3.8) is 0 Å². The summed E-state index contributed by atoms with van der Waals surface area (Å²) in [5, 5.41) is 6.93. The highest BCUT2D eigenvalue weighted by atomic mass is 32.2. The third kappa shape index (κ3) is 7.46. The number of ether oxygens (including phenoxy) is 1. The van der Waals surface area contributed by atoms with Crippen molar-refractivity contribution in [2.24, 2.45) is 11.6 Å². The molecule has 0 atom stereocenters. The molecule has 0 bridgehead atoms. The van der Waals surface area contributed by atoms with Crippen molar-refractivity contribution in [3.05, 3.63) is 89.3 Å². The number of benzene rings is 3. The van der Waals surface area contributed by atoms with Crippen molar-refractivity contribution in [1.82, 2.24) is 0 Å². The Morgan fingerprint density at radius 2 is 1.67 bits per heavy atom. The van der Waals surface area contributed by atoms with Crippen LogP contribution in [0.5, 0.6) is 5.75 Å². The number of nitrogens with zero attached hydrogens (tertiary/aromatic N) is 1. The van der Waals surface area contributed by atoms with Crippen LogP contribution in [-0.2, 0) is 10.2 Å². The second kappa shape index (κ2) is 12.6. The molecule has 0 unspecified atom stereocenters. The van der Waals surface area contributed by atoms with Gasteiger partial charge in [0.25, 0.3) is 11.8 Å². The van der Waals surface area contributed by atoms with E-state index in [0.717, 1.165) is 16.8 Å². The molecule has 9 nitrogen and oxygen atoms in total. The van der Waals surface area contributed by atoms with Gasteiger partial charge in [-0.05, 0) is 59.9 Å². The molecule has 3 rings (SSSR count). The topological polar surface area (TPSA) is 135 Å². The summed E-state index contributed by atoms with van der Waals surface area (Å²) in [6.45, 7) is 8.15. The number of aryl methyl sites for hydroxylation is 1. The lowest BCUT2D eigenvalue weighted by atomic mass is 9.86. The number of amides is 2. The predicted octanol–water partition coefficient (Wildman–Crippen LogP) is 5.36. The van der Waals surface area contributed by atoms with Crippen LogP contribution in [0.3, 0.4) is 0 Å². The van der Waals surface area contributed by atoms with Crippen molar-refractivity contribution >= 4 is 46.5 Å². The van der Waals surface area contributed by atoms with Crippen LogP contribution in [0, 0.1) is 6.92 Å². The Balaban J connectivity index is 1.88. The molecule has 206 valence electrons. The van der Waals surface area contributed by atoms with E-state index in [4.69, 9.17) is 16.3 Å². The molecule has 0 saturated carbocycles. The lowest BCUT2D eigenvalue weighted by Gasteiger charge is -2.24. The number of nitrogens with one attached hydrogen (secondary N) is 3. The van der Waals surface area contributed by atoms with E-state index in [-0.39, 0.29) is 17.0 Å². The molecule has 7 N–H and O–H groups in total. The zero-order valence-corrected chi connectivity index (χ0v) is 23.9. The number of rotatable bonds is 9. The fourth-order valence-electron chi connectivity index (χ4n) is 3.79. The molecule has 39 heavy (non-hydrogen) atoms. The van der Waals surface area contributed by atoms with Crippen molar-refractivity contribution in [2.75, 3.05) is 33.7 Å². The van der Waals surface area contributed by atoms with E-state index in [1.165, 1.54) is 23.2 Å². The van der Waals surface area contributed by atoms with E-state index in [2.05, 4.69) is 36.1 Å². The maximum absolute atomic E-state index is 13.4. The van der Waals surface area contributed by atoms with Crippen LogP contribution in [0.1, 0.15) is 42.3 Å². The Morgan fingerprint density at radius 1 is 1.00 bits per heavy atom. The molecular weight excluding hydrogens is 512 g/mol. The minimum Gasteiger partial charge on any atom is -0.492 e. The molecule has 0 aliphatic rings. The molecule has 0 spiro atoms. The highest BCUT2D eigenvalue weighted by Gasteiger charge is 2.21. The van der Waals surface area contributed by atoms with Gasteiger partial charge in [-0.3, -0.25) is 14.6 Å². The van der Waals surface area contributed by atoms with Crippen LogP contribution in [0.2, 0.25) is 0 Å². The lowest BCUT2D eigenvalue weighted by Crippen LogP contribution is -2.30. The van der Waals surface area contributed by atoms with Gasteiger partial charge in [-0.25, -0.2) is 5.84 Å². The van der Waals surface area contributed by atoms with Crippen molar-refractivity contribution in [1.29, 1.82) is 0 Å². The van der Waals surface area contributed by atoms with Crippen molar-refractivity contribution in [3.8, 4) is 5.75 Å². The minimum atomic E-state index is -0.497. The monoisotopic (exact) mass is 548 g/mol. The van der Waals surface area contributed by atoms with Gasteiger partial charge in [0.15, 0.2) is 5.75 Å². The number of nitrogens with two attached hydrogens (primary N) is 2. The Bertz CT molecular complexity index is 1370. The van der Waals surface area contributed by atoms with E-state index >= 15 is 0 Å². The number of carbonyl (C=O) groups is 2. The Hall–Kier alpha value is -4.15. The molecule has 3 aromatic rings. The average Bonchev–Trinajstić information content (AvgIpc) is 2.88. The number of anilines is 4. The van der Waals surface area contributed by atoms with Crippen LogP contribution in [0.4, 0.5) is 22.7 Å². The fourth-order valence-corrected chi connectivity index (χ4v) is 4.16. The van der Waals surface area contributed by atoms with E-state index in [1.54, 1.807) is 49.6 Å². The third-order valence-electron chi connectivity index (χ3n) is 5.94. The molecule has 0 fully saturated rings. The average molecular weight is 549 g/mol. The lowest BCUT2D eigenvalue weighted by molar-refractivity contribution is -0.112. The van der Waals surface area contributed by atoms with Crippen LogP contribution in [0.25, 0.3) is 0 Å². The van der Waals surface area contributed by atoms with Gasteiger partial charge >= 0.3 is 0 Å². The van der Waals surface area contributed by atoms with Gasteiger partial charge in [0.2, 0.25) is 0 Å². The third-order valence-corrected chi connectivity index (χ3v) is 6.36. The van der Waals surface area contributed by atoms with E-state index in [9.17, 15) is 9.59 Å². The number of hydrazine groups is 1. The largest absolute Gasteiger partial charge is 0.492 e. The van der Waals surface area contributed by atoms with Crippen LogP contribution >= 0.6 is 11.9 Å². The van der Waals surface area contributed by atoms with E-state index < -0.39 is 5.91 Å². The second-order valence-corrected chi connectivity index (χ2v) is 10.5. The SMILES string of the molecule is COc1c(NSC)cc(C(C)(C)C)cc1NC(=O)c1ccc(C)c(N(N)/C=C(\N)C(=O)Nc2ccccc2)c1. The molecule has 3 aromatic carbocycles. The Morgan fingerprint density at radius 3 is 2.28 bits per heavy atom. The van der Waals surface area contributed by atoms with Gasteiger partial charge in [-0.1, -0.05) is 57.0 Å². The van der Waals surface area contributed by atoms with Gasteiger partial charge in [0.05, 0.1) is 24.2 Å². The smallest absolute Gasteiger partial charge is 0.273 e. The summed E-state index contributed by atoms with van der Waals surface area (Å²) in [6, 6.07) is 18.0. The normalized spacial score (nSPS) is 11.5. The van der Waals surface area contributed by atoms with Gasteiger partial charge in [-0.2, -0.15) is 0 Å². The first-order chi connectivity index (χ1) is 18.4. The van der Waals surface area contributed by atoms with Gasteiger partial charge < -0.3 is 25.8 Å². The molecule has 0 radical (unpaired) electrons. The molecule has 10 heteroatoms. The quantitative estimate of drug-likeness (QED) is 0.104. The first-order valence-electron chi connectivity index (χ1n) is 12.3. The summed E-state index contributed by atoms with van der Waals surface area (Å²) >= 11 is 1.44. The molecule has 0 saturated heterocycles. The summed E-state index contributed by atoms with van der Waals surface area (Å²) in [4.78, 5) is 25.9. The predicted molar refractivity (Wildman–Crippen MR) is 162 cm³/mol. The zero-order valence-electron chi connectivity index (χ0n) is 23.1. The number of methoxy groups -OCH3 is 1. The number of hydrogen-bond acceptors (Lipinski definition) is 8. The fraction of sp³-hybridized carbons (Fsp3) is 0.241. The summed E-state index contributed by atoms with van der Waals surface area (Å²) in [5.41, 5.74) is 10.4. The first-order valence-corrected chi connectivity index (χ1v) is 13.5. The summed E-state index contributed by atoms with van der Waals surface area (Å²) < 4.78 is 8.88. The highest BCUT2D eigenvalue weighted by molar-refractivity contribution is 7.99. The standard InChI is InChI=1S/C29H36N6O3S/c1-18-12-13-19(14-25(18)35(31)17-22(30)28(37)32-21-10-8-7-9-11-21)27(36)33-23-15-20(29(2,3)4)16-24(34-39-6)26(23)38-5/h7-17,34H,30-31H2,1-6H3,(H,32,37)(H,33,36)/b22-17-. The highest BCUT2D eigenvalue weighted by Crippen LogP contribution is 2.39. The maximum atomic E-state index is 13.4.